The zero-order chi connectivity index (χ0) is 12.8. The lowest BCUT2D eigenvalue weighted by Gasteiger charge is -2.25. The molecule has 0 amide bonds. The summed E-state index contributed by atoms with van der Waals surface area (Å²) < 4.78 is 5.06. The van der Waals surface area contributed by atoms with Gasteiger partial charge in [-0.05, 0) is 30.4 Å². The lowest BCUT2D eigenvalue weighted by atomic mass is 9.85. The van der Waals surface area contributed by atoms with Gasteiger partial charge < -0.3 is 15.8 Å². The molecule has 1 aromatic heterocycles. The SMILES string of the molecule is COc1cc(CN=C(N)NCC2CCC2)ccn1.I. The number of aromatic nitrogens is 1. The van der Waals surface area contributed by atoms with Gasteiger partial charge in [0.05, 0.1) is 13.7 Å². The second-order valence-corrected chi connectivity index (χ2v) is 4.59. The fraction of sp³-hybridized carbons (Fsp3) is 0.538. The number of hydrogen-bond donors (Lipinski definition) is 2. The van der Waals surface area contributed by atoms with E-state index in [-0.39, 0.29) is 24.0 Å². The van der Waals surface area contributed by atoms with E-state index >= 15 is 0 Å². The van der Waals surface area contributed by atoms with Gasteiger partial charge in [-0.25, -0.2) is 9.98 Å². The van der Waals surface area contributed by atoms with E-state index in [2.05, 4.69) is 15.3 Å². The van der Waals surface area contributed by atoms with Crippen molar-refractivity contribution in [3.63, 3.8) is 0 Å². The number of halogens is 1. The first-order valence-corrected chi connectivity index (χ1v) is 6.30. The molecule has 0 atom stereocenters. The van der Waals surface area contributed by atoms with Crippen molar-refractivity contribution in [3.8, 4) is 5.88 Å². The summed E-state index contributed by atoms with van der Waals surface area (Å²) in [5, 5.41) is 3.16. The number of ether oxygens (including phenoxy) is 1. The number of nitrogens with two attached hydrogens (primary N) is 1. The number of pyridine rings is 1. The molecule has 0 aliphatic heterocycles. The molecule has 2 rings (SSSR count). The number of nitrogens with one attached hydrogen (secondary N) is 1. The van der Waals surface area contributed by atoms with Crippen LogP contribution in [0.3, 0.4) is 0 Å². The standard InChI is InChI=1S/C13H20N4O.HI/c1-18-12-7-11(5-6-15-12)9-17-13(14)16-8-10-3-2-4-10;/h5-7,10H,2-4,8-9H2,1H3,(H3,14,16,17);1H. The highest BCUT2D eigenvalue weighted by Crippen LogP contribution is 2.24. The van der Waals surface area contributed by atoms with Crippen LogP contribution in [-0.2, 0) is 6.54 Å². The number of nitrogens with zero attached hydrogens (tertiary/aromatic N) is 2. The van der Waals surface area contributed by atoms with Crippen LogP contribution in [0.1, 0.15) is 24.8 Å². The minimum atomic E-state index is 0. The number of hydrogen-bond acceptors (Lipinski definition) is 3. The third-order valence-electron chi connectivity index (χ3n) is 3.24. The number of guanidine groups is 1. The first-order chi connectivity index (χ1) is 8.78. The summed E-state index contributed by atoms with van der Waals surface area (Å²) in [5.74, 6) is 1.89. The van der Waals surface area contributed by atoms with Crippen LogP contribution in [0.15, 0.2) is 23.3 Å². The molecule has 1 aliphatic carbocycles. The molecule has 0 spiro atoms. The monoisotopic (exact) mass is 376 g/mol. The van der Waals surface area contributed by atoms with E-state index in [1.165, 1.54) is 19.3 Å². The van der Waals surface area contributed by atoms with E-state index in [9.17, 15) is 0 Å². The highest BCUT2D eigenvalue weighted by molar-refractivity contribution is 14.0. The maximum atomic E-state index is 5.81. The Bertz CT molecular complexity index is 421. The Hall–Kier alpha value is -1.05. The lowest BCUT2D eigenvalue weighted by molar-refractivity contribution is 0.315. The Kier molecular flexibility index (Phi) is 6.90. The molecule has 0 radical (unpaired) electrons. The summed E-state index contributed by atoms with van der Waals surface area (Å²) in [4.78, 5) is 8.35. The quantitative estimate of drug-likeness (QED) is 0.468. The van der Waals surface area contributed by atoms with Crippen LogP contribution in [0.25, 0.3) is 0 Å². The van der Waals surface area contributed by atoms with Crippen LogP contribution in [-0.4, -0.2) is 24.6 Å². The predicted molar refractivity (Wildman–Crippen MR) is 86.9 cm³/mol. The average Bonchev–Trinajstić information content (AvgIpc) is 2.35. The highest BCUT2D eigenvalue weighted by atomic mass is 127. The molecule has 6 heteroatoms. The largest absolute Gasteiger partial charge is 0.481 e. The van der Waals surface area contributed by atoms with Crippen molar-refractivity contribution in [2.24, 2.45) is 16.6 Å². The molecule has 106 valence electrons. The van der Waals surface area contributed by atoms with E-state index in [0.717, 1.165) is 18.0 Å². The number of rotatable bonds is 5. The van der Waals surface area contributed by atoms with Crippen molar-refractivity contribution >= 4 is 29.9 Å². The van der Waals surface area contributed by atoms with Crippen molar-refractivity contribution in [2.45, 2.75) is 25.8 Å². The van der Waals surface area contributed by atoms with Gasteiger partial charge in [0.2, 0.25) is 5.88 Å². The topological polar surface area (TPSA) is 72.5 Å². The lowest BCUT2D eigenvalue weighted by Crippen LogP contribution is -2.37. The van der Waals surface area contributed by atoms with Crippen molar-refractivity contribution in [3.05, 3.63) is 23.9 Å². The zero-order valence-corrected chi connectivity index (χ0v) is 13.5. The number of methoxy groups -OCH3 is 1. The van der Waals surface area contributed by atoms with Gasteiger partial charge in [-0.1, -0.05) is 6.42 Å². The molecule has 19 heavy (non-hydrogen) atoms. The molecule has 1 fully saturated rings. The Morgan fingerprint density at radius 2 is 2.37 bits per heavy atom. The normalized spacial score (nSPS) is 15.3. The third-order valence-corrected chi connectivity index (χ3v) is 3.24. The van der Waals surface area contributed by atoms with Crippen LogP contribution in [0.4, 0.5) is 0 Å². The number of aliphatic imine (C=N–C) groups is 1. The minimum absolute atomic E-state index is 0. The Labute approximate surface area is 131 Å². The van der Waals surface area contributed by atoms with Crippen molar-refractivity contribution in [2.75, 3.05) is 13.7 Å². The Balaban J connectivity index is 0.00000180. The van der Waals surface area contributed by atoms with Gasteiger partial charge in [0.25, 0.3) is 0 Å². The van der Waals surface area contributed by atoms with Crippen LogP contribution in [0.5, 0.6) is 5.88 Å². The second kappa shape index (κ2) is 8.19. The maximum Gasteiger partial charge on any atom is 0.213 e. The van der Waals surface area contributed by atoms with Crippen LogP contribution in [0, 0.1) is 5.92 Å². The fourth-order valence-corrected chi connectivity index (χ4v) is 1.84. The molecule has 1 saturated carbocycles. The summed E-state index contributed by atoms with van der Waals surface area (Å²) >= 11 is 0. The molecule has 1 aromatic rings. The first kappa shape index (κ1) is 16.0. The van der Waals surface area contributed by atoms with E-state index in [1.54, 1.807) is 13.3 Å². The fourth-order valence-electron chi connectivity index (χ4n) is 1.84. The summed E-state index contributed by atoms with van der Waals surface area (Å²) in [6.45, 7) is 1.48. The van der Waals surface area contributed by atoms with Crippen LogP contribution < -0.4 is 15.8 Å². The maximum absolute atomic E-state index is 5.81. The molecule has 0 bridgehead atoms. The third kappa shape index (κ3) is 5.22. The Morgan fingerprint density at radius 3 is 3.00 bits per heavy atom. The van der Waals surface area contributed by atoms with E-state index in [4.69, 9.17) is 10.5 Å². The van der Waals surface area contributed by atoms with Gasteiger partial charge in [-0.15, -0.1) is 24.0 Å². The zero-order valence-electron chi connectivity index (χ0n) is 11.1. The first-order valence-electron chi connectivity index (χ1n) is 6.30. The summed E-state index contributed by atoms with van der Waals surface area (Å²) in [5.41, 5.74) is 6.85. The van der Waals surface area contributed by atoms with Crippen LogP contribution >= 0.6 is 24.0 Å². The van der Waals surface area contributed by atoms with Gasteiger partial charge in [0, 0.05) is 18.8 Å². The van der Waals surface area contributed by atoms with Crippen molar-refractivity contribution in [1.29, 1.82) is 0 Å². The highest BCUT2D eigenvalue weighted by Gasteiger charge is 2.16. The molecule has 0 unspecified atom stereocenters. The molecule has 1 aliphatic rings. The molecular formula is C13H21IN4O. The van der Waals surface area contributed by atoms with Gasteiger partial charge >= 0.3 is 0 Å². The average molecular weight is 376 g/mol. The Morgan fingerprint density at radius 1 is 1.58 bits per heavy atom. The van der Waals surface area contributed by atoms with E-state index in [1.807, 2.05) is 12.1 Å². The molecular weight excluding hydrogens is 355 g/mol. The molecule has 3 N–H and O–H groups in total. The smallest absolute Gasteiger partial charge is 0.213 e. The second-order valence-electron chi connectivity index (χ2n) is 4.59. The van der Waals surface area contributed by atoms with E-state index < -0.39 is 0 Å². The summed E-state index contributed by atoms with van der Waals surface area (Å²) in [6.07, 6.45) is 5.67. The molecule has 0 saturated heterocycles. The van der Waals surface area contributed by atoms with Gasteiger partial charge in [0.15, 0.2) is 5.96 Å². The van der Waals surface area contributed by atoms with Gasteiger partial charge in [-0.2, -0.15) is 0 Å². The van der Waals surface area contributed by atoms with Gasteiger partial charge in [0.1, 0.15) is 0 Å². The van der Waals surface area contributed by atoms with E-state index in [0.29, 0.717) is 18.4 Å². The molecule has 1 heterocycles. The summed E-state index contributed by atoms with van der Waals surface area (Å²) in [6, 6.07) is 3.77. The molecule has 5 nitrogen and oxygen atoms in total. The van der Waals surface area contributed by atoms with Crippen LogP contribution in [0.2, 0.25) is 0 Å². The van der Waals surface area contributed by atoms with Crippen molar-refractivity contribution in [1.82, 2.24) is 10.3 Å². The minimum Gasteiger partial charge on any atom is -0.481 e. The molecule has 0 aromatic carbocycles. The summed E-state index contributed by atoms with van der Waals surface area (Å²) in [7, 11) is 1.60. The van der Waals surface area contributed by atoms with Crippen molar-refractivity contribution < 1.29 is 4.74 Å². The predicted octanol–water partition coefficient (Wildman–Crippen LogP) is 1.91. The van der Waals surface area contributed by atoms with Gasteiger partial charge in [-0.3, -0.25) is 0 Å².